The van der Waals surface area contributed by atoms with Gasteiger partial charge in [-0.15, -0.1) is 0 Å². The van der Waals surface area contributed by atoms with E-state index in [2.05, 4.69) is 11.4 Å². The van der Waals surface area contributed by atoms with Gasteiger partial charge in [0.2, 0.25) is 5.41 Å². The zero-order valence-electron chi connectivity index (χ0n) is 24.9. The zero-order valence-corrected chi connectivity index (χ0v) is 24.9. The van der Waals surface area contributed by atoms with Gasteiger partial charge in [0.15, 0.2) is 0 Å². The summed E-state index contributed by atoms with van der Waals surface area (Å²) in [4.78, 5) is 65.0. The molecule has 4 aromatic rings. The van der Waals surface area contributed by atoms with Crippen molar-refractivity contribution in [2.45, 2.75) is 11.8 Å². The van der Waals surface area contributed by atoms with Crippen molar-refractivity contribution >= 4 is 35.4 Å². The lowest BCUT2D eigenvalue weighted by atomic mass is 9.81. The summed E-state index contributed by atoms with van der Waals surface area (Å²) in [7, 11) is 3.05. The van der Waals surface area contributed by atoms with Gasteiger partial charge in [-0.3, -0.25) is 24.0 Å². The standard InChI is InChI=1S/C35H29N3O8/c1-38(2)32(41)28-18-23(19-30(39)46-21-35(33(42)43,34(44)45)25-8-4-3-5-9-25)14-17-29(28)37-31(40)27-11-7-6-10-26(27)24-15-12-22(20-36)13-16-24/h3-18H,19,21H2,1-2H3,(H,37,40)(H,42,43)(H,44,45). The van der Waals surface area contributed by atoms with Crippen LogP contribution in [-0.4, -0.2) is 65.5 Å². The van der Waals surface area contributed by atoms with E-state index in [-0.39, 0.29) is 16.8 Å². The predicted octanol–water partition coefficient (Wildman–Crippen LogP) is 4.37. The Morgan fingerprint density at radius 2 is 1.46 bits per heavy atom. The number of nitriles is 1. The second-order valence-electron chi connectivity index (χ2n) is 10.5. The number of carboxylic acids is 2. The Morgan fingerprint density at radius 1 is 0.826 bits per heavy atom. The Kier molecular flexibility index (Phi) is 9.93. The summed E-state index contributed by atoms with van der Waals surface area (Å²) in [6.07, 6.45) is -0.409. The third-order valence-electron chi connectivity index (χ3n) is 7.26. The highest BCUT2D eigenvalue weighted by Gasteiger charge is 2.50. The number of carbonyl (C=O) groups excluding carboxylic acids is 3. The monoisotopic (exact) mass is 619 g/mol. The number of amides is 2. The fraction of sp³-hybridized carbons (Fsp3) is 0.143. The molecule has 3 N–H and O–H groups in total. The molecule has 0 bridgehead atoms. The van der Waals surface area contributed by atoms with E-state index in [0.29, 0.717) is 27.8 Å². The average molecular weight is 620 g/mol. The smallest absolute Gasteiger partial charge is 0.329 e. The van der Waals surface area contributed by atoms with Crippen molar-refractivity contribution in [2.75, 3.05) is 26.0 Å². The van der Waals surface area contributed by atoms with Gasteiger partial charge in [0.1, 0.15) is 6.61 Å². The van der Waals surface area contributed by atoms with E-state index >= 15 is 0 Å². The molecule has 11 heteroatoms. The molecule has 4 aromatic carbocycles. The summed E-state index contributed by atoms with van der Waals surface area (Å²) in [6, 6.07) is 27.2. The van der Waals surface area contributed by atoms with Crippen molar-refractivity contribution in [3.63, 3.8) is 0 Å². The summed E-state index contributed by atoms with van der Waals surface area (Å²) in [6.45, 7) is -0.962. The van der Waals surface area contributed by atoms with Gasteiger partial charge in [0, 0.05) is 19.7 Å². The number of carbonyl (C=O) groups is 5. The zero-order chi connectivity index (χ0) is 33.4. The largest absolute Gasteiger partial charge is 0.480 e. The van der Waals surface area contributed by atoms with E-state index < -0.39 is 48.2 Å². The lowest BCUT2D eigenvalue weighted by Crippen LogP contribution is -2.48. The molecule has 0 fully saturated rings. The number of hydrogen-bond acceptors (Lipinski definition) is 7. The van der Waals surface area contributed by atoms with E-state index in [0.717, 1.165) is 0 Å². The van der Waals surface area contributed by atoms with Gasteiger partial charge in [0.25, 0.3) is 11.8 Å². The summed E-state index contributed by atoms with van der Waals surface area (Å²) >= 11 is 0. The van der Waals surface area contributed by atoms with Crippen molar-refractivity contribution in [1.82, 2.24) is 4.90 Å². The average Bonchev–Trinajstić information content (AvgIpc) is 3.05. The summed E-state index contributed by atoms with van der Waals surface area (Å²) in [5.74, 6) is -5.28. The number of nitrogens with one attached hydrogen (secondary N) is 1. The summed E-state index contributed by atoms with van der Waals surface area (Å²) in [5, 5.41) is 31.5. The highest BCUT2D eigenvalue weighted by molar-refractivity contribution is 6.12. The highest BCUT2D eigenvalue weighted by Crippen LogP contribution is 2.28. The molecule has 0 radical (unpaired) electrons. The van der Waals surface area contributed by atoms with Crippen LogP contribution >= 0.6 is 0 Å². The molecule has 4 rings (SSSR count). The van der Waals surface area contributed by atoms with Crippen LogP contribution in [0.4, 0.5) is 5.69 Å². The van der Waals surface area contributed by atoms with Crippen molar-refractivity contribution in [3.05, 3.63) is 125 Å². The minimum Gasteiger partial charge on any atom is -0.480 e. The van der Waals surface area contributed by atoms with Crippen LogP contribution in [-0.2, 0) is 31.0 Å². The van der Waals surface area contributed by atoms with Gasteiger partial charge in [-0.25, -0.2) is 0 Å². The molecule has 0 unspecified atom stereocenters. The molecule has 232 valence electrons. The van der Waals surface area contributed by atoms with E-state index in [1.54, 1.807) is 54.6 Å². The fourth-order valence-electron chi connectivity index (χ4n) is 4.75. The second kappa shape index (κ2) is 14.0. The molecule has 0 aliphatic heterocycles. The Balaban J connectivity index is 1.57. The molecular formula is C35H29N3O8. The first-order valence-electron chi connectivity index (χ1n) is 13.9. The van der Waals surface area contributed by atoms with Gasteiger partial charge >= 0.3 is 17.9 Å². The summed E-state index contributed by atoms with van der Waals surface area (Å²) < 4.78 is 5.18. The van der Waals surface area contributed by atoms with Gasteiger partial charge in [-0.1, -0.05) is 66.7 Å². The molecular weight excluding hydrogens is 590 g/mol. The maximum atomic E-state index is 13.5. The SMILES string of the molecule is CN(C)C(=O)c1cc(CC(=O)OCC(C(=O)O)(C(=O)O)c2ccccc2)ccc1NC(=O)c1ccccc1-c1ccc(C#N)cc1. The van der Waals surface area contributed by atoms with Crippen LogP contribution in [0.15, 0.2) is 97.1 Å². The van der Waals surface area contributed by atoms with Crippen molar-refractivity contribution in [2.24, 2.45) is 0 Å². The number of benzene rings is 4. The molecule has 46 heavy (non-hydrogen) atoms. The number of rotatable bonds is 11. The van der Waals surface area contributed by atoms with Crippen molar-refractivity contribution < 1.29 is 38.9 Å². The van der Waals surface area contributed by atoms with Crippen LogP contribution in [0.25, 0.3) is 11.1 Å². The van der Waals surface area contributed by atoms with E-state index in [1.807, 2.05) is 0 Å². The Bertz CT molecular complexity index is 1830. The Hall–Kier alpha value is -6.28. The maximum Gasteiger partial charge on any atom is 0.329 e. The van der Waals surface area contributed by atoms with E-state index in [9.17, 15) is 34.2 Å². The first kappa shape index (κ1) is 32.6. The van der Waals surface area contributed by atoms with E-state index in [1.165, 1.54) is 61.5 Å². The first-order chi connectivity index (χ1) is 22.0. The molecule has 0 saturated carbocycles. The lowest BCUT2D eigenvalue weighted by molar-refractivity contribution is -0.163. The number of carboxylic acid groups (broad SMARTS) is 2. The maximum absolute atomic E-state index is 13.5. The van der Waals surface area contributed by atoms with Crippen molar-refractivity contribution in [1.29, 1.82) is 5.26 Å². The number of ether oxygens (including phenoxy) is 1. The molecule has 0 aliphatic carbocycles. The normalized spacial score (nSPS) is 10.7. The molecule has 0 heterocycles. The molecule has 0 aliphatic rings. The Morgan fingerprint density at radius 3 is 2.07 bits per heavy atom. The van der Waals surface area contributed by atoms with Crippen LogP contribution in [0.3, 0.4) is 0 Å². The minimum absolute atomic E-state index is 0.0671. The number of nitrogens with zero attached hydrogens (tertiary/aromatic N) is 2. The summed E-state index contributed by atoms with van der Waals surface area (Å²) in [5.41, 5.74) is 0.0891. The number of aliphatic carboxylic acids is 2. The molecule has 2 amide bonds. The quantitative estimate of drug-likeness (QED) is 0.163. The number of anilines is 1. The van der Waals surface area contributed by atoms with E-state index in [4.69, 9.17) is 10.00 Å². The van der Waals surface area contributed by atoms with Crippen LogP contribution in [0.1, 0.15) is 37.4 Å². The highest BCUT2D eigenvalue weighted by atomic mass is 16.5. The topological polar surface area (TPSA) is 174 Å². The minimum atomic E-state index is -2.52. The van der Waals surface area contributed by atoms with Gasteiger partial charge in [-0.2, -0.15) is 5.26 Å². The molecule has 0 aromatic heterocycles. The van der Waals surface area contributed by atoms with Crippen LogP contribution in [0, 0.1) is 11.3 Å². The molecule has 0 saturated heterocycles. The molecule has 0 atom stereocenters. The van der Waals surface area contributed by atoms with Gasteiger partial charge in [0.05, 0.1) is 29.3 Å². The number of hydrogen-bond donors (Lipinski definition) is 3. The van der Waals surface area contributed by atoms with Gasteiger partial charge in [-0.05, 0) is 52.6 Å². The lowest BCUT2D eigenvalue weighted by Gasteiger charge is -2.25. The Labute approximate surface area is 264 Å². The van der Waals surface area contributed by atoms with Gasteiger partial charge < -0.3 is 25.2 Å². The molecule has 0 spiro atoms. The fourth-order valence-corrected chi connectivity index (χ4v) is 4.75. The van der Waals surface area contributed by atoms with Crippen LogP contribution in [0.2, 0.25) is 0 Å². The number of esters is 1. The van der Waals surface area contributed by atoms with Crippen molar-refractivity contribution in [3.8, 4) is 17.2 Å². The first-order valence-corrected chi connectivity index (χ1v) is 13.9. The van der Waals surface area contributed by atoms with Crippen LogP contribution < -0.4 is 5.32 Å². The van der Waals surface area contributed by atoms with Crippen LogP contribution in [0.5, 0.6) is 0 Å². The predicted molar refractivity (Wildman–Crippen MR) is 167 cm³/mol. The third kappa shape index (κ3) is 6.92. The third-order valence-corrected chi connectivity index (χ3v) is 7.26. The second-order valence-corrected chi connectivity index (χ2v) is 10.5. The molecule has 11 nitrogen and oxygen atoms in total.